The Morgan fingerprint density at radius 2 is 1.07 bits per heavy atom. The molecule has 2 amide bonds. The summed E-state index contributed by atoms with van der Waals surface area (Å²) in [5, 5.41) is 21.7. The average Bonchev–Trinajstić information content (AvgIpc) is 2.93. The second-order valence-corrected chi connectivity index (χ2v) is 11.0. The smallest absolute Gasteiger partial charge is 0.252 e. The minimum absolute atomic E-state index is 0.0635. The van der Waals surface area contributed by atoms with Crippen molar-refractivity contribution in [2.24, 2.45) is 11.5 Å². The van der Waals surface area contributed by atoms with E-state index in [2.05, 4.69) is 39.0 Å². The molecule has 1 aliphatic heterocycles. The van der Waals surface area contributed by atoms with Gasteiger partial charge in [-0.25, -0.2) is 0 Å². The molecule has 3 aromatic rings. The van der Waals surface area contributed by atoms with Crippen molar-refractivity contribution in [2.75, 3.05) is 39.3 Å². The lowest BCUT2D eigenvalue weighted by Gasteiger charge is -2.33. The number of carbonyl (C=O) groups excluding carboxylic acids is 2. The van der Waals surface area contributed by atoms with Crippen molar-refractivity contribution in [3.05, 3.63) is 93.5 Å². The lowest BCUT2D eigenvalue weighted by atomic mass is 10.0. The van der Waals surface area contributed by atoms with Crippen LogP contribution in [-0.2, 0) is 19.6 Å². The molecular weight excluding hydrogens is 518 g/mol. The molecule has 0 atom stereocenters. The second-order valence-electron chi connectivity index (χ2n) is 11.0. The molecule has 0 bridgehead atoms. The van der Waals surface area contributed by atoms with Gasteiger partial charge in [0, 0.05) is 56.9 Å². The van der Waals surface area contributed by atoms with E-state index in [4.69, 9.17) is 11.5 Å². The minimum atomic E-state index is -0.651. The van der Waals surface area contributed by atoms with Crippen LogP contribution in [0.3, 0.4) is 0 Å². The van der Waals surface area contributed by atoms with E-state index in [-0.39, 0.29) is 22.6 Å². The zero-order valence-electron chi connectivity index (χ0n) is 24.0. The first-order chi connectivity index (χ1) is 19.6. The summed E-state index contributed by atoms with van der Waals surface area (Å²) in [6, 6.07) is 17.4. The maximum atomic E-state index is 11.9. The molecule has 3 aromatic carbocycles. The summed E-state index contributed by atoms with van der Waals surface area (Å²) in [4.78, 5) is 30.8. The Morgan fingerprint density at radius 1 is 0.659 bits per heavy atom. The molecule has 1 saturated heterocycles. The molecule has 9 nitrogen and oxygen atoms in total. The Labute approximate surface area is 242 Å². The molecule has 0 aliphatic carbocycles. The van der Waals surface area contributed by atoms with E-state index < -0.39 is 11.8 Å². The van der Waals surface area contributed by atoms with Crippen molar-refractivity contribution in [1.29, 1.82) is 0 Å². The third-order valence-electron chi connectivity index (χ3n) is 7.65. The second kappa shape index (κ2) is 13.6. The molecule has 0 unspecified atom stereocenters. The van der Waals surface area contributed by atoms with E-state index in [0.717, 1.165) is 50.3 Å². The number of phenols is 2. The number of hydrogen-bond acceptors (Lipinski definition) is 7. The van der Waals surface area contributed by atoms with Crippen molar-refractivity contribution < 1.29 is 19.8 Å². The summed E-state index contributed by atoms with van der Waals surface area (Å²) in [5.74, 6) is -1.43. The summed E-state index contributed by atoms with van der Waals surface area (Å²) in [7, 11) is 0. The van der Waals surface area contributed by atoms with Gasteiger partial charge in [-0.1, -0.05) is 42.5 Å². The Morgan fingerprint density at radius 3 is 1.51 bits per heavy atom. The number of aromatic hydroxyl groups is 2. The largest absolute Gasteiger partial charge is 0.507 e. The van der Waals surface area contributed by atoms with Crippen LogP contribution in [0.4, 0.5) is 0 Å². The van der Waals surface area contributed by atoms with Gasteiger partial charge < -0.3 is 21.7 Å². The van der Waals surface area contributed by atoms with Crippen LogP contribution in [-0.4, -0.2) is 76.0 Å². The molecule has 0 spiro atoms. The first kappa shape index (κ1) is 30.0. The summed E-state index contributed by atoms with van der Waals surface area (Å²) < 4.78 is 0. The number of hydrogen-bond donors (Lipinski definition) is 4. The van der Waals surface area contributed by atoms with Gasteiger partial charge in [-0.2, -0.15) is 0 Å². The van der Waals surface area contributed by atoms with Crippen LogP contribution in [0.15, 0.2) is 54.6 Å². The lowest BCUT2D eigenvalue weighted by Crippen LogP contribution is -2.42. The molecular formula is C32H41N5O4. The minimum Gasteiger partial charge on any atom is -0.507 e. The zero-order valence-corrected chi connectivity index (χ0v) is 24.0. The molecule has 41 heavy (non-hydrogen) atoms. The third-order valence-corrected chi connectivity index (χ3v) is 7.65. The first-order valence-corrected chi connectivity index (χ1v) is 14.1. The van der Waals surface area contributed by atoms with Crippen LogP contribution in [0.5, 0.6) is 11.5 Å². The molecule has 4 rings (SSSR count). The number of carbonyl (C=O) groups is 2. The predicted molar refractivity (Wildman–Crippen MR) is 160 cm³/mol. The molecule has 1 fully saturated rings. The maximum absolute atomic E-state index is 11.9. The zero-order chi connectivity index (χ0) is 29.5. The van der Waals surface area contributed by atoms with Crippen LogP contribution in [0.2, 0.25) is 0 Å². The van der Waals surface area contributed by atoms with Crippen molar-refractivity contribution in [1.82, 2.24) is 14.7 Å². The van der Waals surface area contributed by atoms with Gasteiger partial charge in [0.25, 0.3) is 11.8 Å². The first-order valence-electron chi connectivity index (χ1n) is 14.1. The summed E-state index contributed by atoms with van der Waals surface area (Å²) >= 11 is 0. The standard InChI is InChI=1S/C32H41N5O4/c1-22-15-25(29(38)27(17-22)31(33)40)20-36-10-6-9-35(19-24-7-4-3-5-8-24)11-13-37(14-12-36)21-26-16-23(2)18-28(30(26)39)32(34)41/h3-5,7-8,15-18,38-39H,6,9-14,19-21H2,1-2H3,(H2,33,40)(H2,34,41). The highest BCUT2D eigenvalue weighted by molar-refractivity contribution is 5.96. The van der Waals surface area contributed by atoms with Gasteiger partial charge in [0.2, 0.25) is 0 Å². The fraction of sp³-hybridized carbons (Fsp3) is 0.375. The Balaban J connectivity index is 1.58. The van der Waals surface area contributed by atoms with Crippen LogP contribution < -0.4 is 11.5 Å². The van der Waals surface area contributed by atoms with Crippen LogP contribution in [0.25, 0.3) is 0 Å². The van der Waals surface area contributed by atoms with Gasteiger partial charge in [0.1, 0.15) is 11.5 Å². The summed E-state index contributed by atoms with van der Waals surface area (Å²) in [6.07, 6.45) is 0.947. The van der Waals surface area contributed by atoms with E-state index in [1.807, 2.05) is 32.0 Å². The summed E-state index contributed by atoms with van der Waals surface area (Å²) in [6.45, 7) is 10.3. The normalized spacial score (nSPS) is 16.0. The van der Waals surface area contributed by atoms with Crippen LogP contribution in [0, 0.1) is 13.8 Å². The number of nitrogens with zero attached hydrogens (tertiary/aromatic N) is 3. The predicted octanol–water partition coefficient (Wildman–Crippen LogP) is 3.12. The number of amides is 2. The SMILES string of the molecule is Cc1cc(CN2CCCN(Cc3ccccc3)CCN(Cc3cc(C)cc(C(N)=O)c3O)CC2)c(O)c(C(N)=O)c1. The molecule has 1 aliphatic rings. The Hall–Kier alpha value is -3.92. The molecule has 0 radical (unpaired) electrons. The van der Waals surface area contributed by atoms with E-state index in [0.29, 0.717) is 37.3 Å². The molecule has 1 heterocycles. The van der Waals surface area contributed by atoms with E-state index >= 15 is 0 Å². The summed E-state index contributed by atoms with van der Waals surface area (Å²) in [5.41, 5.74) is 15.6. The topological polar surface area (TPSA) is 136 Å². The molecule has 0 saturated carbocycles. The van der Waals surface area contributed by atoms with E-state index in [9.17, 15) is 19.8 Å². The quantitative estimate of drug-likeness (QED) is 0.333. The van der Waals surface area contributed by atoms with Crippen molar-refractivity contribution in [3.63, 3.8) is 0 Å². The number of nitrogens with two attached hydrogens (primary N) is 2. The van der Waals surface area contributed by atoms with Crippen molar-refractivity contribution in [2.45, 2.75) is 39.9 Å². The highest BCUT2D eigenvalue weighted by Crippen LogP contribution is 2.27. The maximum Gasteiger partial charge on any atom is 0.252 e. The fourth-order valence-corrected chi connectivity index (χ4v) is 5.54. The van der Waals surface area contributed by atoms with E-state index in [1.165, 1.54) is 5.56 Å². The van der Waals surface area contributed by atoms with Gasteiger partial charge in [-0.3, -0.25) is 24.3 Å². The van der Waals surface area contributed by atoms with Gasteiger partial charge in [-0.15, -0.1) is 0 Å². The van der Waals surface area contributed by atoms with Gasteiger partial charge in [0.15, 0.2) is 0 Å². The molecule has 6 N–H and O–H groups in total. The van der Waals surface area contributed by atoms with Crippen molar-refractivity contribution in [3.8, 4) is 11.5 Å². The Kier molecular flexibility index (Phi) is 9.99. The average molecular weight is 560 g/mol. The number of rotatable bonds is 8. The number of primary amides is 2. The number of benzene rings is 3. The Bertz CT molecular complexity index is 1380. The fourth-order valence-electron chi connectivity index (χ4n) is 5.54. The molecule has 0 aromatic heterocycles. The lowest BCUT2D eigenvalue weighted by molar-refractivity contribution is 0.0988. The van der Waals surface area contributed by atoms with Crippen LogP contribution in [0.1, 0.15) is 55.0 Å². The van der Waals surface area contributed by atoms with Gasteiger partial charge in [0.05, 0.1) is 11.1 Å². The highest BCUT2D eigenvalue weighted by atomic mass is 16.3. The van der Waals surface area contributed by atoms with Crippen molar-refractivity contribution >= 4 is 11.8 Å². The monoisotopic (exact) mass is 559 g/mol. The van der Waals surface area contributed by atoms with E-state index in [1.54, 1.807) is 12.1 Å². The number of aryl methyl sites for hydroxylation is 2. The third kappa shape index (κ3) is 8.07. The van der Waals surface area contributed by atoms with Gasteiger partial charge >= 0.3 is 0 Å². The van der Waals surface area contributed by atoms with Gasteiger partial charge in [-0.05, 0) is 62.2 Å². The molecule has 9 heteroatoms. The highest BCUT2D eigenvalue weighted by Gasteiger charge is 2.21. The molecule has 218 valence electrons. The van der Waals surface area contributed by atoms with Crippen LogP contribution >= 0.6 is 0 Å².